The minimum atomic E-state index is 0.434. The molecule has 0 N–H and O–H groups in total. The van der Waals surface area contributed by atoms with Gasteiger partial charge in [-0.1, -0.05) is 31.9 Å². The van der Waals surface area contributed by atoms with Crippen molar-refractivity contribution < 1.29 is 0 Å². The quantitative estimate of drug-likeness (QED) is 0.647. The Kier molecular flexibility index (Phi) is 6.55. The Morgan fingerprint density at radius 2 is 1.79 bits per heavy atom. The van der Waals surface area contributed by atoms with Crippen LogP contribution in [0, 0.1) is 5.41 Å². The summed E-state index contributed by atoms with van der Waals surface area (Å²) in [5.41, 5.74) is 3.84. The van der Waals surface area contributed by atoms with E-state index in [0.29, 0.717) is 5.41 Å². The third-order valence-electron chi connectivity index (χ3n) is 4.67. The van der Waals surface area contributed by atoms with Gasteiger partial charge in [0.05, 0.1) is 0 Å². The zero-order valence-corrected chi connectivity index (χ0v) is 14.1. The maximum absolute atomic E-state index is 2.59. The van der Waals surface area contributed by atoms with Gasteiger partial charge in [-0.15, -0.1) is 0 Å². The van der Waals surface area contributed by atoms with Crippen molar-refractivity contribution in [3.63, 3.8) is 0 Å². The second-order valence-electron chi connectivity index (χ2n) is 6.98. The molecule has 1 aliphatic carbocycles. The van der Waals surface area contributed by atoms with Gasteiger partial charge in [0.2, 0.25) is 0 Å². The molecule has 2 heteroatoms. The third kappa shape index (κ3) is 5.27. The Labute approximate surface area is 120 Å². The molecule has 0 bridgehead atoms. The molecule has 0 aromatic rings. The first-order valence-corrected chi connectivity index (χ1v) is 7.93. The van der Waals surface area contributed by atoms with Crippen molar-refractivity contribution in [1.29, 1.82) is 0 Å². The van der Waals surface area contributed by atoms with Crippen molar-refractivity contribution in [3.8, 4) is 0 Å². The highest BCUT2D eigenvalue weighted by atomic mass is 15.2. The van der Waals surface area contributed by atoms with Crippen molar-refractivity contribution in [2.75, 3.05) is 40.3 Å². The average molecular weight is 266 g/mol. The van der Waals surface area contributed by atoms with Gasteiger partial charge in [-0.05, 0) is 58.7 Å². The van der Waals surface area contributed by atoms with Crippen LogP contribution in [0.5, 0.6) is 0 Å². The summed E-state index contributed by atoms with van der Waals surface area (Å²) in [6.45, 7) is 14.2. The Hall–Kier alpha value is -0.340. The lowest BCUT2D eigenvalue weighted by Gasteiger charge is -2.36. The molecule has 0 saturated heterocycles. The second-order valence-corrected chi connectivity index (χ2v) is 6.98. The molecule has 1 aliphatic rings. The number of hydrogen-bond acceptors (Lipinski definition) is 2. The molecule has 0 aromatic heterocycles. The first-order chi connectivity index (χ1) is 8.86. The molecular weight excluding hydrogens is 232 g/mol. The van der Waals surface area contributed by atoms with Gasteiger partial charge in [-0.2, -0.15) is 0 Å². The zero-order valence-electron chi connectivity index (χ0n) is 14.1. The fourth-order valence-corrected chi connectivity index (χ4v) is 3.27. The third-order valence-corrected chi connectivity index (χ3v) is 4.67. The maximum atomic E-state index is 2.59. The van der Waals surface area contributed by atoms with Crippen LogP contribution in [0.3, 0.4) is 0 Å². The fourth-order valence-electron chi connectivity index (χ4n) is 3.27. The van der Waals surface area contributed by atoms with Crippen LogP contribution in [0.2, 0.25) is 0 Å². The summed E-state index contributed by atoms with van der Waals surface area (Å²) in [6, 6.07) is 0. The Morgan fingerprint density at radius 3 is 2.32 bits per heavy atom. The standard InChI is InChI=1S/C17H34N2/c1-7-19(14-13-18(5)6)12-10-16-15(2)9-8-11-17(16,3)4/h7-14H2,1-6H3. The molecule has 0 radical (unpaired) electrons. The van der Waals surface area contributed by atoms with E-state index >= 15 is 0 Å². The average Bonchev–Trinajstić information content (AvgIpc) is 2.31. The van der Waals surface area contributed by atoms with Gasteiger partial charge in [0.25, 0.3) is 0 Å². The van der Waals surface area contributed by atoms with Crippen molar-refractivity contribution >= 4 is 0 Å². The normalized spacial score (nSPS) is 19.6. The Bertz CT molecular complexity index is 302. The maximum Gasteiger partial charge on any atom is 0.0109 e. The highest BCUT2D eigenvalue weighted by molar-refractivity contribution is 5.22. The largest absolute Gasteiger partial charge is 0.308 e. The summed E-state index contributed by atoms with van der Waals surface area (Å²) in [4.78, 5) is 4.86. The molecule has 2 nitrogen and oxygen atoms in total. The molecule has 19 heavy (non-hydrogen) atoms. The van der Waals surface area contributed by atoms with E-state index < -0.39 is 0 Å². The number of rotatable bonds is 7. The van der Waals surface area contributed by atoms with Crippen LogP contribution in [0.15, 0.2) is 11.1 Å². The predicted octanol–water partition coefficient (Wildman–Crippen LogP) is 3.79. The van der Waals surface area contributed by atoms with E-state index in [1.165, 1.54) is 45.3 Å². The van der Waals surface area contributed by atoms with Crippen LogP contribution in [0.4, 0.5) is 0 Å². The van der Waals surface area contributed by atoms with Crippen LogP contribution in [0.1, 0.15) is 53.4 Å². The zero-order chi connectivity index (χ0) is 14.5. The highest BCUT2D eigenvalue weighted by Gasteiger charge is 2.28. The smallest absolute Gasteiger partial charge is 0.0109 e. The molecule has 0 fully saturated rings. The van der Waals surface area contributed by atoms with Gasteiger partial charge in [0.1, 0.15) is 0 Å². The lowest BCUT2D eigenvalue weighted by Crippen LogP contribution is -2.33. The molecule has 112 valence electrons. The van der Waals surface area contributed by atoms with Gasteiger partial charge in [-0.3, -0.25) is 0 Å². The van der Waals surface area contributed by atoms with E-state index in [9.17, 15) is 0 Å². The van der Waals surface area contributed by atoms with E-state index in [2.05, 4.69) is 51.6 Å². The highest BCUT2D eigenvalue weighted by Crippen LogP contribution is 2.41. The van der Waals surface area contributed by atoms with Crippen LogP contribution < -0.4 is 0 Å². The molecular formula is C17H34N2. The molecule has 0 saturated carbocycles. The lowest BCUT2D eigenvalue weighted by atomic mass is 9.71. The fraction of sp³-hybridized carbons (Fsp3) is 0.882. The number of nitrogens with zero attached hydrogens (tertiary/aromatic N) is 2. The topological polar surface area (TPSA) is 6.48 Å². The SMILES string of the molecule is CCN(CCC1=C(C)CCCC1(C)C)CCN(C)C. The molecule has 1 rings (SSSR count). The van der Waals surface area contributed by atoms with E-state index in [-0.39, 0.29) is 0 Å². The van der Waals surface area contributed by atoms with Gasteiger partial charge in [0.15, 0.2) is 0 Å². The number of hydrogen-bond donors (Lipinski definition) is 0. The summed E-state index contributed by atoms with van der Waals surface area (Å²) in [7, 11) is 4.32. The summed E-state index contributed by atoms with van der Waals surface area (Å²) in [6.07, 6.45) is 5.33. The first-order valence-electron chi connectivity index (χ1n) is 7.93. The van der Waals surface area contributed by atoms with Crippen LogP contribution >= 0.6 is 0 Å². The van der Waals surface area contributed by atoms with Gasteiger partial charge in [0, 0.05) is 19.6 Å². The summed E-state index contributed by atoms with van der Waals surface area (Å²) >= 11 is 0. The first kappa shape index (κ1) is 16.7. The monoisotopic (exact) mass is 266 g/mol. The van der Waals surface area contributed by atoms with Gasteiger partial charge in [-0.25, -0.2) is 0 Å². The second kappa shape index (κ2) is 7.44. The number of allylic oxidation sites excluding steroid dienone is 1. The van der Waals surface area contributed by atoms with E-state index in [4.69, 9.17) is 0 Å². The minimum absolute atomic E-state index is 0.434. The van der Waals surface area contributed by atoms with E-state index in [0.717, 1.165) is 6.54 Å². The van der Waals surface area contributed by atoms with Crippen molar-refractivity contribution in [3.05, 3.63) is 11.1 Å². The summed E-state index contributed by atoms with van der Waals surface area (Å²) in [5, 5.41) is 0. The molecule has 0 amide bonds. The van der Waals surface area contributed by atoms with Gasteiger partial charge >= 0.3 is 0 Å². The molecule has 0 aromatic carbocycles. The van der Waals surface area contributed by atoms with Crippen molar-refractivity contribution in [2.24, 2.45) is 5.41 Å². The van der Waals surface area contributed by atoms with Crippen molar-refractivity contribution in [1.82, 2.24) is 9.80 Å². The Balaban J connectivity index is 2.53. The summed E-state index contributed by atoms with van der Waals surface area (Å²) < 4.78 is 0. The van der Waals surface area contributed by atoms with Crippen molar-refractivity contribution in [2.45, 2.75) is 53.4 Å². The molecule has 0 heterocycles. The van der Waals surface area contributed by atoms with Gasteiger partial charge < -0.3 is 9.80 Å². The van der Waals surface area contributed by atoms with Crippen LogP contribution in [-0.4, -0.2) is 50.1 Å². The van der Waals surface area contributed by atoms with Crippen LogP contribution in [0.25, 0.3) is 0 Å². The van der Waals surface area contributed by atoms with Crippen LogP contribution in [-0.2, 0) is 0 Å². The molecule has 0 unspecified atom stereocenters. The Morgan fingerprint density at radius 1 is 1.11 bits per heavy atom. The minimum Gasteiger partial charge on any atom is -0.308 e. The predicted molar refractivity (Wildman–Crippen MR) is 85.6 cm³/mol. The van der Waals surface area contributed by atoms with E-state index in [1.54, 1.807) is 11.1 Å². The molecule has 0 atom stereocenters. The van der Waals surface area contributed by atoms with E-state index in [1.807, 2.05) is 0 Å². The molecule has 0 spiro atoms. The number of likely N-dealkylation sites (N-methyl/N-ethyl adjacent to an activating group) is 2. The summed E-state index contributed by atoms with van der Waals surface area (Å²) in [5.74, 6) is 0. The molecule has 0 aliphatic heterocycles. The lowest BCUT2D eigenvalue weighted by molar-refractivity contribution is 0.244.